The molecular weight excluding hydrogens is 260 g/mol. The van der Waals surface area contributed by atoms with Crippen molar-refractivity contribution in [2.75, 3.05) is 20.6 Å². The summed E-state index contributed by atoms with van der Waals surface area (Å²) >= 11 is 0. The van der Waals surface area contributed by atoms with E-state index in [2.05, 4.69) is 55.6 Å². The molecule has 0 aliphatic carbocycles. The summed E-state index contributed by atoms with van der Waals surface area (Å²) in [5.41, 5.74) is 9.34. The Kier molecular flexibility index (Phi) is 5.37. The number of benzene rings is 1. The van der Waals surface area contributed by atoms with Crippen molar-refractivity contribution in [1.82, 2.24) is 14.5 Å². The standard InChI is InChI=1S/C17H28N4/c1-5-14-8-9-16-15(12-14)19-17(13(2)20(3)4)21(16)11-7-6-10-18/h8-9,12-13H,5-7,10-11,18H2,1-4H3. The van der Waals surface area contributed by atoms with Gasteiger partial charge in [-0.2, -0.15) is 0 Å². The normalized spacial score (nSPS) is 13.2. The minimum Gasteiger partial charge on any atom is -0.330 e. The average molecular weight is 288 g/mol. The molecule has 1 atom stereocenters. The fraction of sp³-hybridized carbons (Fsp3) is 0.588. The Bertz CT molecular complexity index is 586. The smallest absolute Gasteiger partial charge is 0.126 e. The van der Waals surface area contributed by atoms with E-state index in [-0.39, 0.29) is 0 Å². The largest absolute Gasteiger partial charge is 0.330 e. The summed E-state index contributed by atoms with van der Waals surface area (Å²) in [6, 6.07) is 6.96. The molecule has 1 aromatic heterocycles. The van der Waals surface area contributed by atoms with Crippen LogP contribution in [0, 0.1) is 0 Å². The summed E-state index contributed by atoms with van der Waals surface area (Å²) < 4.78 is 2.37. The second-order valence-electron chi connectivity index (χ2n) is 5.93. The quantitative estimate of drug-likeness (QED) is 0.797. The third kappa shape index (κ3) is 3.44. The maximum Gasteiger partial charge on any atom is 0.126 e. The fourth-order valence-corrected chi connectivity index (χ4v) is 2.61. The number of aryl methyl sites for hydroxylation is 2. The van der Waals surface area contributed by atoms with Gasteiger partial charge in [0.15, 0.2) is 0 Å². The Morgan fingerprint density at radius 1 is 1.29 bits per heavy atom. The zero-order valence-corrected chi connectivity index (χ0v) is 13.8. The minimum absolute atomic E-state index is 0.306. The molecule has 0 aliphatic heterocycles. The van der Waals surface area contributed by atoms with Crippen molar-refractivity contribution < 1.29 is 0 Å². The summed E-state index contributed by atoms with van der Waals surface area (Å²) in [5, 5.41) is 0. The van der Waals surface area contributed by atoms with Crippen molar-refractivity contribution in [3.63, 3.8) is 0 Å². The SMILES string of the molecule is CCc1ccc2c(c1)nc(C(C)N(C)C)n2CCCCN. The molecule has 2 aromatic rings. The first-order chi connectivity index (χ1) is 10.1. The van der Waals surface area contributed by atoms with Crippen LogP contribution in [0.4, 0.5) is 0 Å². The van der Waals surface area contributed by atoms with Gasteiger partial charge in [-0.05, 0) is 64.5 Å². The van der Waals surface area contributed by atoms with Gasteiger partial charge in [0.25, 0.3) is 0 Å². The van der Waals surface area contributed by atoms with Crippen LogP contribution < -0.4 is 5.73 Å². The molecule has 0 spiro atoms. The van der Waals surface area contributed by atoms with E-state index in [1.165, 1.54) is 11.1 Å². The molecule has 4 heteroatoms. The molecule has 116 valence electrons. The Hall–Kier alpha value is -1.39. The topological polar surface area (TPSA) is 47.1 Å². The predicted molar refractivity (Wildman–Crippen MR) is 89.5 cm³/mol. The first kappa shape index (κ1) is 16.0. The number of imidazole rings is 1. The number of fused-ring (bicyclic) bond motifs is 1. The Morgan fingerprint density at radius 3 is 2.67 bits per heavy atom. The number of rotatable bonds is 7. The lowest BCUT2D eigenvalue weighted by Crippen LogP contribution is -2.21. The summed E-state index contributed by atoms with van der Waals surface area (Å²) in [6.07, 6.45) is 3.21. The second kappa shape index (κ2) is 7.05. The summed E-state index contributed by atoms with van der Waals surface area (Å²) in [5.74, 6) is 1.15. The van der Waals surface area contributed by atoms with E-state index in [0.717, 1.165) is 43.7 Å². The van der Waals surface area contributed by atoms with Crippen molar-refractivity contribution in [3.8, 4) is 0 Å². The van der Waals surface area contributed by atoms with Gasteiger partial charge in [-0.25, -0.2) is 4.98 Å². The van der Waals surface area contributed by atoms with E-state index in [1.807, 2.05) is 0 Å². The monoisotopic (exact) mass is 288 g/mol. The van der Waals surface area contributed by atoms with Gasteiger partial charge in [0, 0.05) is 6.54 Å². The minimum atomic E-state index is 0.306. The molecule has 0 saturated heterocycles. The zero-order chi connectivity index (χ0) is 15.4. The van der Waals surface area contributed by atoms with Crippen molar-refractivity contribution in [1.29, 1.82) is 0 Å². The van der Waals surface area contributed by atoms with E-state index in [0.29, 0.717) is 6.04 Å². The van der Waals surface area contributed by atoms with E-state index in [1.54, 1.807) is 0 Å². The van der Waals surface area contributed by atoms with Crippen molar-refractivity contribution in [2.45, 2.75) is 45.7 Å². The molecule has 0 saturated carbocycles. The third-order valence-electron chi connectivity index (χ3n) is 4.23. The maximum atomic E-state index is 5.63. The molecule has 2 N–H and O–H groups in total. The highest BCUT2D eigenvalue weighted by Gasteiger charge is 2.18. The lowest BCUT2D eigenvalue weighted by atomic mass is 10.1. The van der Waals surface area contributed by atoms with Crippen LogP contribution in [0.25, 0.3) is 11.0 Å². The molecular formula is C17H28N4. The van der Waals surface area contributed by atoms with Gasteiger partial charge in [0.1, 0.15) is 5.82 Å². The van der Waals surface area contributed by atoms with Crippen LogP contribution in [0.3, 0.4) is 0 Å². The van der Waals surface area contributed by atoms with E-state index in [4.69, 9.17) is 10.7 Å². The predicted octanol–water partition coefficient (Wildman–Crippen LogP) is 2.96. The number of hydrogen-bond donors (Lipinski definition) is 1. The molecule has 2 rings (SSSR count). The number of nitrogens with two attached hydrogens (primary N) is 1. The molecule has 0 amide bonds. The van der Waals surface area contributed by atoms with Crippen molar-refractivity contribution >= 4 is 11.0 Å². The Labute approximate surface area is 128 Å². The highest BCUT2D eigenvalue weighted by atomic mass is 15.2. The van der Waals surface area contributed by atoms with E-state index >= 15 is 0 Å². The summed E-state index contributed by atoms with van der Waals surface area (Å²) in [6.45, 7) is 6.14. The second-order valence-corrected chi connectivity index (χ2v) is 5.93. The van der Waals surface area contributed by atoms with Crippen LogP contribution in [-0.2, 0) is 13.0 Å². The lowest BCUT2D eigenvalue weighted by Gasteiger charge is -2.20. The van der Waals surface area contributed by atoms with Gasteiger partial charge in [-0.3, -0.25) is 4.90 Å². The molecule has 0 radical (unpaired) electrons. The molecule has 1 heterocycles. The zero-order valence-electron chi connectivity index (χ0n) is 13.8. The Balaban J connectivity index is 2.45. The molecule has 1 aromatic carbocycles. The average Bonchev–Trinajstić information content (AvgIpc) is 2.84. The first-order valence-electron chi connectivity index (χ1n) is 7.94. The van der Waals surface area contributed by atoms with Gasteiger partial charge >= 0.3 is 0 Å². The summed E-state index contributed by atoms with van der Waals surface area (Å²) in [7, 11) is 4.21. The third-order valence-corrected chi connectivity index (χ3v) is 4.23. The molecule has 21 heavy (non-hydrogen) atoms. The number of hydrogen-bond acceptors (Lipinski definition) is 3. The molecule has 0 aliphatic rings. The van der Waals surface area contributed by atoms with E-state index < -0.39 is 0 Å². The van der Waals surface area contributed by atoms with E-state index in [9.17, 15) is 0 Å². The van der Waals surface area contributed by atoms with Gasteiger partial charge in [0.2, 0.25) is 0 Å². The summed E-state index contributed by atoms with van der Waals surface area (Å²) in [4.78, 5) is 7.12. The first-order valence-corrected chi connectivity index (χ1v) is 7.94. The van der Waals surface area contributed by atoms with Crippen LogP contribution in [0.15, 0.2) is 18.2 Å². The Morgan fingerprint density at radius 2 is 2.05 bits per heavy atom. The van der Waals surface area contributed by atoms with Gasteiger partial charge in [-0.1, -0.05) is 13.0 Å². The molecule has 1 unspecified atom stereocenters. The molecule has 0 fully saturated rings. The number of nitrogens with zero attached hydrogens (tertiary/aromatic N) is 3. The molecule has 0 bridgehead atoms. The van der Waals surface area contributed by atoms with Crippen LogP contribution >= 0.6 is 0 Å². The van der Waals surface area contributed by atoms with Crippen LogP contribution in [0.1, 0.15) is 44.1 Å². The lowest BCUT2D eigenvalue weighted by molar-refractivity contribution is 0.301. The fourth-order valence-electron chi connectivity index (χ4n) is 2.61. The highest BCUT2D eigenvalue weighted by Crippen LogP contribution is 2.25. The van der Waals surface area contributed by atoms with Gasteiger partial charge in [0.05, 0.1) is 17.1 Å². The van der Waals surface area contributed by atoms with Gasteiger partial charge < -0.3 is 10.3 Å². The maximum absolute atomic E-state index is 5.63. The van der Waals surface area contributed by atoms with Gasteiger partial charge in [-0.15, -0.1) is 0 Å². The molecule has 4 nitrogen and oxygen atoms in total. The van der Waals surface area contributed by atoms with Crippen LogP contribution in [0.2, 0.25) is 0 Å². The van der Waals surface area contributed by atoms with Crippen LogP contribution in [0.5, 0.6) is 0 Å². The number of aromatic nitrogens is 2. The van der Waals surface area contributed by atoms with Crippen LogP contribution in [-0.4, -0.2) is 35.1 Å². The van der Waals surface area contributed by atoms with Crippen molar-refractivity contribution in [3.05, 3.63) is 29.6 Å². The number of unbranched alkanes of at least 4 members (excludes halogenated alkanes) is 1. The van der Waals surface area contributed by atoms with Crippen molar-refractivity contribution in [2.24, 2.45) is 5.73 Å². The highest BCUT2D eigenvalue weighted by molar-refractivity contribution is 5.77.